The van der Waals surface area contributed by atoms with Gasteiger partial charge in [-0.25, -0.2) is 18.1 Å². The highest BCUT2D eigenvalue weighted by Gasteiger charge is 2.31. The van der Waals surface area contributed by atoms with Crippen LogP contribution in [0, 0.1) is 5.92 Å². The summed E-state index contributed by atoms with van der Waals surface area (Å²) in [5, 5.41) is 5.26. The molecule has 0 saturated carbocycles. The molecule has 158 valence electrons. The molecular weight excluding hydrogens is 388 g/mol. The molecule has 1 aromatic carbocycles. The number of rotatable bonds is 8. The van der Waals surface area contributed by atoms with Crippen molar-refractivity contribution in [3.8, 4) is 0 Å². The van der Waals surface area contributed by atoms with Crippen LogP contribution in [0.25, 0.3) is 10.9 Å². The summed E-state index contributed by atoms with van der Waals surface area (Å²) < 4.78 is 27.8. The molecule has 1 aromatic heterocycles. The number of benzene rings is 1. The average molecular weight is 419 g/mol. The summed E-state index contributed by atoms with van der Waals surface area (Å²) in [6.07, 6.45) is 7.32. The quantitative estimate of drug-likeness (QED) is 0.528. The molecule has 1 aliphatic rings. The lowest BCUT2D eigenvalue weighted by Gasteiger charge is -2.30. The van der Waals surface area contributed by atoms with Crippen LogP contribution in [0.3, 0.4) is 0 Å². The molecule has 2 aromatic rings. The van der Waals surface area contributed by atoms with Gasteiger partial charge in [0.2, 0.25) is 15.9 Å². The Morgan fingerprint density at radius 2 is 2.10 bits per heavy atom. The van der Waals surface area contributed by atoms with Crippen molar-refractivity contribution < 1.29 is 13.2 Å². The van der Waals surface area contributed by atoms with Gasteiger partial charge in [-0.1, -0.05) is 31.5 Å². The van der Waals surface area contributed by atoms with Crippen LogP contribution in [0.5, 0.6) is 0 Å². The molecule has 0 radical (unpaired) electrons. The molecule has 8 heteroatoms. The van der Waals surface area contributed by atoms with E-state index < -0.39 is 10.0 Å². The minimum Gasteiger partial charge on any atom is -0.347 e. The number of nitrogens with zero attached hydrogens (tertiary/aromatic N) is 3. The summed E-state index contributed by atoms with van der Waals surface area (Å²) in [4.78, 5) is 12.5. The molecule has 0 spiro atoms. The maximum Gasteiger partial charge on any atom is 0.244 e. The van der Waals surface area contributed by atoms with Crippen molar-refractivity contribution in [1.82, 2.24) is 14.3 Å². The van der Waals surface area contributed by atoms with Crippen molar-refractivity contribution in [2.75, 3.05) is 18.8 Å². The van der Waals surface area contributed by atoms with E-state index in [1.165, 1.54) is 4.31 Å². The van der Waals surface area contributed by atoms with Crippen LogP contribution in [-0.4, -0.2) is 48.3 Å². The van der Waals surface area contributed by atoms with Gasteiger partial charge in [-0.05, 0) is 32.3 Å². The Labute approximate surface area is 172 Å². The number of para-hydroxylation sites is 1. The molecular formula is C21H30N4O3S. The molecule has 0 aliphatic carbocycles. The van der Waals surface area contributed by atoms with Crippen LogP contribution in [0.1, 0.15) is 45.1 Å². The standard InChI is InChI=1S/C21H30N4O3S/c1-3-5-12-24-15-18(19-10-6-7-11-20(19)24)14-22-23-21(26)17-9-8-13-25(16-17)29(27,28)4-2/h6-7,10-11,14-15,17H,3-5,8-9,12-13,16H2,1-2H3,(H,23,26)/b22-14-/t17-/m1/s1. The third-order valence-corrected chi connectivity index (χ3v) is 7.31. The first-order valence-corrected chi connectivity index (χ1v) is 12.0. The summed E-state index contributed by atoms with van der Waals surface area (Å²) in [5.41, 5.74) is 4.72. The van der Waals surface area contributed by atoms with Crippen molar-refractivity contribution in [1.29, 1.82) is 0 Å². The van der Waals surface area contributed by atoms with Gasteiger partial charge in [-0.2, -0.15) is 5.10 Å². The number of aryl methyl sites for hydroxylation is 1. The third-order valence-electron chi connectivity index (χ3n) is 5.46. The van der Waals surface area contributed by atoms with Gasteiger partial charge in [0.1, 0.15) is 0 Å². The van der Waals surface area contributed by atoms with Gasteiger partial charge in [-0.3, -0.25) is 4.79 Å². The fourth-order valence-corrected chi connectivity index (χ4v) is 4.92. The van der Waals surface area contributed by atoms with Crippen molar-refractivity contribution in [3.63, 3.8) is 0 Å². The SMILES string of the molecule is CCCCn1cc(/C=N\NC(=O)[C@@H]2CCCN(S(=O)(=O)CC)C2)c2ccccc21. The first-order valence-electron chi connectivity index (χ1n) is 10.3. The summed E-state index contributed by atoms with van der Waals surface area (Å²) in [5.74, 6) is -0.540. The number of carbonyl (C=O) groups is 1. The molecule has 1 fully saturated rings. The van der Waals surface area contributed by atoms with E-state index >= 15 is 0 Å². The Bertz CT molecular complexity index is 981. The Morgan fingerprint density at radius 3 is 2.86 bits per heavy atom. The van der Waals surface area contributed by atoms with Gasteiger partial charge in [0.15, 0.2) is 0 Å². The zero-order chi connectivity index (χ0) is 20.9. The van der Waals surface area contributed by atoms with Crippen molar-refractivity contribution in [2.45, 2.75) is 46.1 Å². The number of sulfonamides is 1. The highest BCUT2D eigenvalue weighted by molar-refractivity contribution is 7.89. The molecule has 0 bridgehead atoms. The minimum atomic E-state index is -3.27. The Morgan fingerprint density at radius 1 is 1.31 bits per heavy atom. The van der Waals surface area contributed by atoms with Crippen molar-refractivity contribution >= 4 is 33.0 Å². The van der Waals surface area contributed by atoms with Crippen LogP contribution in [0.4, 0.5) is 0 Å². The molecule has 1 saturated heterocycles. The number of hydrazone groups is 1. The topological polar surface area (TPSA) is 83.8 Å². The molecule has 29 heavy (non-hydrogen) atoms. The smallest absolute Gasteiger partial charge is 0.244 e. The van der Waals surface area contributed by atoms with Crippen LogP contribution in [-0.2, 0) is 21.4 Å². The lowest BCUT2D eigenvalue weighted by Crippen LogP contribution is -2.45. The van der Waals surface area contributed by atoms with E-state index in [0.29, 0.717) is 19.4 Å². The number of hydrogen-bond acceptors (Lipinski definition) is 4. The number of aromatic nitrogens is 1. The zero-order valence-corrected chi connectivity index (χ0v) is 18.0. The van der Waals surface area contributed by atoms with Gasteiger partial charge in [0, 0.05) is 42.3 Å². The van der Waals surface area contributed by atoms with Crippen LogP contribution < -0.4 is 5.43 Å². The fraction of sp³-hybridized carbons (Fsp3) is 0.524. The van der Waals surface area contributed by atoms with E-state index in [1.54, 1.807) is 13.1 Å². The molecule has 0 unspecified atom stereocenters. The number of unbranched alkanes of at least 4 members (excludes halogenated alkanes) is 1. The summed E-state index contributed by atoms with van der Waals surface area (Å²) in [7, 11) is -3.27. The first-order chi connectivity index (χ1) is 14.0. The number of fused-ring (bicyclic) bond motifs is 1. The maximum atomic E-state index is 12.5. The predicted molar refractivity (Wildman–Crippen MR) is 116 cm³/mol. The monoisotopic (exact) mass is 418 g/mol. The number of carbonyl (C=O) groups excluding carboxylic acids is 1. The lowest BCUT2D eigenvalue weighted by molar-refractivity contribution is -0.126. The van der Waals surface area contributed by atoms with E-state index in [4.69, 9.17) is 0 Å². The van der Waals surface area contributed by atoms with E-state index in [-0.39, 0.29) is 24.1 Å². The van der Waals surface area contributed by atoms with Gasteiger partial charge in [-0.15, -0.1) is 0 Å². The average Bonchev–Trinajstić information content (AvgIpc) is 3.10. The highest BCUT2D eigenvalue weighted by atomic mass is 32.2. The molecule has 1 atom stereocenters. The number of nitrogens with one attached hydrogen (secondary N) is 1. The number of amides is 1. The van der Waals surface area contributed by atoms with E-state index in [0.717, 1.165) is 35.9 Å². The van der Waals surface area contributed by atoms with Crippen LogP contribution in [0.15, 0.2) is 35.6 Å². The molecule has 1 aliphatic heterocycles. The van der Waals surface area contributed by atoms with E-state index in [9.17, 15) is 13.2 Å². The largest absolute Gasteiger partial charge is 0.347 e. The van der Waals surface area contributed by atoms with Crippen molar-refractivity contribution in [2.24, 2.45) is 11.0 Å². The van der Waals surface area contributed by atoms with Crippen molar-refractivity contribution in [3.05, 3.63) is 36.0 Å². The number of hydrogen-bond donors (Lipinski definition) is 1. The summed E-state index contributed by atoms with van der Waals surface area (Å²) in [6.45, 7) is 5.46. The molecule has 2 heterocycles. The first kappa shape index (κ1) is 21.5. The van der Waals surface area contributed by atoms with Gasteiger partial charge in [0.25, 0.3) is 0 Å². The van der Waals surface area contributed by atoms with E-state index in [1.807, 2.05) is 12.1 Å². The second-order valence-electron chi connectivity index (χ2n) is 7.48. The second kappa shape index (κ2) is 9.54. The number of piperidine rings is 1. The van der Waals surface area contributed by atoms with Crippen LogP contribution >= 0.6 is 0 Å². The normalized spacial score (nSPS) is 18.5. The summed E-state index contributed by atoms with van der Waals surface area (Å²) in [6, 6.07) is 8.15. The zero-order valence-electron chi connectivity index (χ0n) is 17.2. The molecule has 1 amide bonds. The Kier molecular flexibility index (Phi) is 7.08. The molecule has 3 rings (SSSR count). The second-order valence-corrected chi connectivity index (χ2v) is 9.74. The summed E-state index contributed by atoms with van der Waals surface area (Å²) >= 11 is 0. The van der Waals surface area contributed by atoms with Crippen LogP contribution in [0.2, 0.25) is 0 Å². The lowest BCUT2D eigenvalue weighted by atomic mass is 9.99. The molecule has 1 N–H and O–H groups in total. The maximum absolute atomic E-state index is 12.5. The predicted octanol–water partition coefficient (Wildman–Crippen LogP) is 2.95. The highest BCUT2D eigenvalue weighted by Crippen LogP contribution is 2.21. The molecule has 7 nitrogen and oxygen atoms in total. The fourth-order valence-electron chi connectivity index (χ4n) is 3.74. The van der Waals surface area contributed by atoms with Gasteiger partial charge in [0.05, 0.1) is 17.9 Å². The Balaban J connectivity index is 1.67. The van der Waals surface area contributed by atoms with Gasteiger partial charge >= 0.3 is 0 Å². The Hall–Kier alpha value is -2.19. The third kappa shape index (κ3) is 5.05. The van der Waals surface area contributed by atoms with Gasteiger partial charge < -0.3 is 4.57 Å². The minimum absolute atomic E-state index is 0.0571. The van der Waals surface area contributed by atoms with E-state index in [2.05, 4.69) is 40.3 Å².